The monoisotopic (exact) mass is 830 g/mol. The molecule has 9 atom stereocenters. The number of aliphatic hydroxyl groups excluding tert-OH is 2. The molecular formula is C46H58N2O12. The lowest BCUT2D eigenvalue weighted by atomic mass is 9.78. The van der Waals surface area contributed by atoms with E-state index in [2.05, 4.69) is 10.6 Å². The van der Waals surface area contributed by atoms with Crippen LogP contribution in [0.1, 0.15) is 75.5 Å². The first-order valence-corrected chi connectivity index (χ1v) is 20.2. The van der Waals surface area contributed by atoms with Gasteiger partial charge in [0.2, 0.25) is 0 Å². The normalized spacial score (nSPS) is 29.6. The smallest absolute Gasteiger partial charge is 0.312 e. The number of aliphatic hydroxyl groups is 2. The first-order valence-electron chi connectivity index (χ1n) is 20.2. The molecule has 0 radical (unpaired) electrons. The fourth-order valence-corrected chi connectivity index (χ4v) is 8.05. The van der Waals surface area contributed by atoms with Crippen LogP contribution in [0.5, 0.6) is 23.0 Å². The van der Waals surface area contributed by atoms with Gasteiger partial charge in [-0.2, -0.15) is 0 Å². The van der Waals surface area contributed by atoms with Crippen molar-refractivity contribution in [2.45, 2.75) is 98.6 Å². The Kier molecular flexibility index (Phi) is 14.4. The quantitative estimate of drug-likeness (QED) is 0.0623. The molecule has 0 fully saturated rings. The standard InChI is InChI=1S/C46H58N2O12/c1-23-14-13-15-24(2)45(56)48-36-31(22-47-20-18-30-16-11-10-12-17-30)40(53)33-34(41(36)54)39(52)28(6)43-35(33)44(55)46(8,60-43)58-21-19-32(57-9)25(3)42(59-29(7)49)27(5)38(51)26(4)37(23)50/h10-17,19,21,23,25-27,32,37-38,42,47,50-54H,18,20,22H2,1-9H3,(H,48,56)/b14-13+,21-19+,24-15-/t23-,25+,26+,27+,32-,37-,38+,42+,46-/m0/s1. The Hall–Kier alpha value is -5.41. The van der Waals surface area contributed by atoms with E-state index >= 15 is 0 Å². The van der Waals surface area contributed by atoms with Crippen molar-refractivity contribution in [3.8, 4) is 23.0 Å². The minimum Gasteiger partial charge on any atom is -0.507 e. The summed E-state index contributed by atoms with van der Waals surface area (Å²) in [5.74, 6) is -8.10. The number of amides is 1. The number of hydrogen-bond acceptors (Lipinski definition) is 13. The van der Waals surface area contributed by atoms with Crippen LogP contribution >= 0.6 is 0 Å². The number of benzene rings is 3. The highest BCUT2D eigenvalue weighted by molar-refractivity contribution is 6.22. The van der Waals surface area contributed by atoms with Gasteiger partial charge in [-0.05, 0) is 38.5 Å². The lowest BCUT2D eigenvalue weighted by Crippen LogP contribution is -2.46. The highest BCUT2D eigenvalue weighted by Crippen LogP contribution is 2.55. The summed E-state index contributed by atoms with van der Waals surface area (Å²) in [7, 11) is 1.44. The summed E-state index contributed by atoms with van der Waals surface area (Å²) >= 11 is 0. The minimum atomic E-state index is -2.03. The highest BCUT2D eigenvalue weighted by Gasteiger charge is 2.50. The Bertz CT molecular complexity index is 2180. The Morgan fingerprint density at radius 2 is 1.60 bits per heavy atom. The van der Waals surface area contributed by atoms with Gasteiger partial charge in [-0.3, -0.25) is 14.4 Å². The number of phenolic OH excluding ortho intramolecular Hbond substituents is 3. The first-order chi connectivity index (χ1) is 28.3. The van der Waals surface area contributed by atoms with Crippen LogP contribution in [0.25, 0.3) is 10.8 Å². The molecule has 324 valence electrons. The SMILES string of the molecule is CO[C@H]1/C=C/O[C@@]2(C)Oc3c(C)c(O)c4c(O)c(c(CNCCc5ccccc5)c(O)c4c3C2=O)NC(=O)/C(C)=C\C=C\[C@H](C)[C@H](O)[C@@H](C)[C@@H](O)[C@@H](C)[C@H](OC(C)=O)[C@@H]1C. The van der Waals surface area contributed by atoms with Gasteiger partial charge in [0.05, 0.1) is 41.2 Å². The van der Waals surface area contributed by atoms with Crippen LogP contribution in [0.2, 0.25) is 0 Å². The van der Waals surface area contributed by atoms with Gasteiger partial charge >= 0.3 is 11.8 Å². The average Bonchev–Trinajstić information content (AvgIpc) is 3.48. The van der Waals surface area contributed by atoms with Gasteiger partial charge in [0.1, 0.15) is 23.4 Å². The van der Waals surface area contributed by atoms with Crippen LogP contribution in [-0.2, 0) is 36.8 Å². The summed E-state index contributed by atoms with van der Waals surface area (Å²) in [6.45, 7) is 13.0. The number of carbonyl (C=O) groups is 3. The van der Waals surface area contributed by atoms with Gasteiger partial charge in [-0.25, -0.2) is 0 Å². The summed E-state index contributed by atoms with van der Waals surface area (Å²) < 4.78 is 23.6. The number of phenols is 3. The van der Waals surface area contributed by atoms with Gasteiger partial charge in [-0.1, -0.05) is 76.3 Å². The molecule has 1 amide bonds. The summed E-state index contributed by atoms with van der Waals surface area (Å²) in [5, 5.41) is 64.0. The van der Waals surface area contributed by atoms with Crippen LogP contribution in [-0.4, -0.2) is 87.0 Å². The molecule has 7 N–H and O–H groups in total. The number of ketones is 1. The average molecular weight is 831 g/mol. The van der Waals surface area contributed by atoms with Gasteiger partial charge in [0, 0.05) is 73.3 Å². The van der Waals surface area contributed by atoms with Crippen LogP contribution in [0.15, 0.2) is 66.5 Å². The van der Waals surface area contributed by atoms with E-state index < -0.39 is 88.8 Å². The summed E-state index contributed by atoms with van der Waals surface area (Å²) in [4.78, 5) is 40.5. The molecule has 3 heterocycles. The number of Topliss-reactive ketones (excluding diaryl/α,β-unsaturated/α-hetero) is 1. The zero-order valence-corrected chi connectivity index (χ0v) is 35.6. The number of carbonyl (C=O) groups excluding carboxylic acids is 3. The fraction of sp³-hybridized carbons (Fsp3) is 0.457. The molecule has 0 aromatic heterocycles. The molecule has 3 aliphatic heterocycles. The molecule has 0 saturated heterocycles. The number of allylic oxidation sites excluding steroid dienone is 2. The molecule has 0 spiro atoms. The van der Waals surface area contributed by atoms with E-state index in [9.17, 15) is 39.9 Å². The predicted octanol–water partition coefficient (Wildman–Crippen LogP) is 6.09. The number of anilines is 1. The summed E-state index contributed by atoms with van der Waals surface area (Å²) in [5.41, 5.74) is 1.03. The molecule has 0 unspecified atom stereocenters. The molecule has 6 rings (SSSR count). The van der Waals surface area contributed by atoms with Crippen LogP contribution in [0, 0.1) is 30.6 Å². The van der Waals surface area contributed by atoms with Gasteiger partial charge in [0.25, 0.3) is 11.7 Å². The van der Waals surface area contributed by atoms with Gasteiger partial charge in [-0.15, -0.1) is 0 Å². The Balaban J connectivity index is 1.66. The van der Waals surface area contributed by atoms with Crippen molar-refractivity contribution in [1.82, 2.24) is 5.32 Å². The largest absolute Gasteiger partial charge is 0.507 e. The predicted molar refractivity (Wildman–Crippen MR) is 226 cm³/mol. The van der Waals surface area contributed by atoms with E-state index in [0.29, 0.717) is 13.0 Å². The maximum absolute atomic E-state index is 14.4. The molecule has 3 aliphatic rings. The van der Waals surface area contributed by atoms with Gasteiger partial charge in [0.15, 0.2) is 5.75 Å². The van der Waals surface area contributed by atoms with Crippen LogP contribution in [0.3, 0.4) is 0 Å². The third-order valence-electron chi connectivity index (χ3n) is 11.8. The lowest BCUT2D eigenvalue weighted by Gasteiger charge is -2.38. The number of hydrogen-bond donors (Lipinski definition) is 7. The van der Waals surface area contributed by atoms with E-state index in [4.69, 9.17) is 18.9 Å². The van der Waals surface area contributed by atoms with Crippen molar-refractivity contribution in [2.24, 2.45) is 23.7 Å². The minimum absolute atomic E-state index is 0.0460. The van der Waals surface area contributed by atoms with E-state index in [-0.39, 0.29) is 51.0 Å². The highest BCUT2D eigenvalue weighted by atomic mass is 16.7. The fourth-order valence-electron chi connectivity index (χ4n) is 8.05. The second-order valence-electron chi connectivity index (χ2n) is 16.1. The van der Waals surface area contributed by atoms with Crippen molar-refractivity contribution in [3.63, 3.8) is 0 Å². The Morgan fingerprint density at radius 3 is 2.25 bits per heavy atom. The van der Waals surface area contributed by atoms with Crippen molar-refractivity contribution in [3.05, 3.63) is 88.7 Å². The molecule has 14 heteroatoms. The van der Waals surface area contributed by atoms with Crippen LogP contribution < -0.4 is 15.4 Å². The summed E-state index contributed by atoms with van der Waals surface area (Å²) in [6.07, 6.45) is 4.26. The second-order valence-corrected chi connectivity index (χ2v) is 16.1. The molecule has 3 aromatic rings. The number of rotatable bonds is 7. The maximum Gasteiger partial charge on any atom is 0.312 e. The topological polar surface area (TPSA) is 213 Å². The molecule has 60 heavy (non-hydrogen) atoms. The molecule has 3 aromatic carbocycles. The number of fused-ring (bicyclic) bond motifs is 14. The van der Waals surface area contributed by atoms with Gasteiger partial charge < -0.3 is 55.1 Å². The van der Waals surface area contributed by atoms with Crippen molar-refractivity contribution in [1.29, 1.82) is 0 Å². The lowest BCUT2D eigenvalue weighted by molar-refractivity contribution is -0.160. The molecule has 0 aliphatic carbocycles. The number of nitrogens with one attached hydrogen (secondary N) is 2. The third kappa shape index (κ3) is 9.16. The maximum atomic E-state index is 14.4. The van der Waals surface area contributed by atoms with Crippen molar-refractivity contribution in [2.75, 3.05) is 19.0 Å². The summed E-state index contributed by atoms with van der Waals surface area (Å²) in [6, 6.07) is 9.70. The van der Waals surface area contributed by atoms with E-state index in [0.717, 1.165) is 5.56 Å². The second kappa shape index (κ2) is 18.9. The molecule has 14 nitrogen and oxygen atoms in total. The zero-order valence-electron chi connectivity index (χ0n) is 35.6. The number of aromatic hydroxyl groups is 3. The third-order valence-corrected chi connectivity index (χ3v) is 11.8. The van der Waals surface area contributed by atoms with Crippen molar-refractivity contribution >= 4 is 34.1 Å². The van der Waals surface area contributed by atoms with Crippen LogP contribution in [0.4, 0.5) is 5.69 Å². The first kappa shape index (κ1) is 45.7. The Labute approximate surface area is 350 Å². The number of ether oxygens (including phenoxy) is 4. The van der Waals surface area contributed by atoms with Crippen molar-refractivity contribution < 1.29 is 58.9 Å². The van der Waals surface area contributed by atoms with E-state index in [1.807, 2.05) is 30.3 Å². The van der Waals surface area contributed by atoms with E-state index in [1.165, 1.54) is 53.2 Å². The van der Waals surface area contributed by atoms with E-state index in [1.54, 1.807) is 39.8 Å². The molecule has 5 bridgehead atoms. The molecule has 0 saturated carbocycles. The number of esters is 1. The number of methoxy groups -OCH3 is 1. The molecular weight excluding hydrogens is 773 g/mol. The Morgan fingerprint density at radius 1 is 0.917 bits per heavy atom. The zero-order chi connectivity index (χ0) is 44.2.